The first-order chi connectivity index (χ1) is 14.3. The predicted molar refractivity (Wildman–Crippen MR) is 115 cm³/mol. The van der Waals surface area contributed by atoms with Gasteiger partial charge in [-0.1, -0.05) is 48.5 Å². The molecular formula is C23H21N5O. The highest BCUT2D eigenvalue weighted by Gasteiger charge is 2.08. The third kappa shape index (κ3) is 5.07. The molecule has 1 unspecified atom stereocenters. The van der Waals surface area contributed by atoms with Gasteiger partial charge in [0.25, 0.3) is 0 Å². The van der Waals surface area contributed by atoms with Crippen LogP contribution in [0.2, 0.25) is 0 Å². The molecule has 0 saturated heterocycles. The number of ether oxygens (including phenoxy) is 1. The van der Waals surface area contributed by atoms with Gasteiger partial charge in [-0.2, -0.15) is 10.1 Å². The highest BCUT2D eigenvalue weighted by molar-refractivity contribution is 5.57. The van der Waals surface area contributed by atoms with E-state index in [0.29, 0.717) is 11.8 Å². The number of nitrogens with zero attached hydrogens (tertiary/aromatic N) is 3. The molecular weight excluding hydrogens is 362 g/mol. The smallest absolute Gasteiger partial charge is 0.245 e. The zero-order valence-electron chi connectivity index (χ0n) is 16.0. The van der Waals surface area contributed by atoms with Crippen LogP contribution in [0.4, 0.5) is 17.5 Å². The van der Waals surface area contributed by atoms with Crippen LogP contribution < -0.4 is 15.4 Å². The molecule has 1 heterocycles. The maximum absolute atomic E-state index is 5.81. The normalized spacial score (nSPS) is 11.5. The summed E-state index contributed by atoms with van der Waals surface area (Å²) in [6, 6.07) is 27.6. The van der Waals surface area contributed by atoms with Gasteiger partial charge in [0.1, 0.15) is 11.5 Å². The summed E-state index contributed by atoms with van der Waals surface area (Å²) in [5.41, 5.74) is 2.04. The molecule has 0 aliphatic carbocycles. The summed E-state index contributed by atoms with van der Waals surface area (Å²) in [5, 5.41) is 14.6. The van der Waals surface area contributed by atoms with Crippen LogP contribution in [-0.4, -0.2) is 15.2 Å². The first-order valence-electron chi connectivity index (χ1n) is 9.37. The molecule has 2 N–H and O–H groups in total. The van der Waals surface area contributed by atoms with Crippen LogP contribution in [0.3, 0.4) is 0 Å². The lowest BCUT2D eigenvalue weighted by Gasteiger charge is -2.14. The van der Waals surface area contributed by atoms with Gasteiger partial charge >= 0.3 is 0 Å². The first-order valence-corrected chi connectivity index (χ1v) is 9.37. The molecule has 0 fully saturated rings. The van der Waals surface area contributed by atoms with Gasteiger partial charge in [0, 0.05) is 5.69 Å². The van der Waals surface area contributed by atoms with Crippen LogP contribution in [0.15, 0.2) is 91.1 Å². The molecule has 4 rings (SSSR count). The van der Waals surface area contributed by atoms with Crippen LogP contribution in [0.1, 0.15) is 18.5 Å². The van der Waals surface area contributed by atoms with Gasteiger partial charge in [0.15, 0.2) is 5.82 Å². The van der Waals surface area contributed by atoms with Crippen LogP contribution in [0.25, 0.3) is 0 Å². The van der Waals surface area contributed by atoms with Gasteiger partial charge in [-0.05, 0) is 48.9 Å². The zero-order valence-corrected chi connectivity index (χ0v) is 16.0. The van der Waals surface area contributed by atoms with E-state index in [1.807, 2.05) is 72.8 Å². The Balaban J connectivity index is 1.40. The summed E-state index contributed by atoms with van der Waals surface area (Å²) in [6.45, 7) is 2.06. The number of para-hydroxylation sites is 1. The van der Waals surface area contributed by atoms with E-state index >= 15 is 0 Å². The highest BCUT2D eigenvalue weighted by Crippen LogP contribution is 2.24. The number of anilines is 3. The molecule has 0 amide bonds. The van der Waals surface area contributed by atoms with Crippen molar-refractivity contribution in [3.05, 3.63) is 96.7 Å². The molecule has 144 valence electrons. The molecule has 0 spiro atoms. The average molecular weight is 383 g/mol. The molecule has 0 radical (unpaired) electrons. The van der Waals surface area contributed by atoms with Crippen molar-refractivity contribution < 1.29 is 4.74 Å². The van der Waals surface area contributed by atoms with Crippen molar-refractivity contribution in [1.29, 1.82) is 0 Å². The van der Waals surface area contributed by atoms with Crippen molar-refractivity contribution in [2.45, 2.75) is 13.0 Å². The van der Waals surface area contributed by atoms with Crippen molar-refractivity contribution in [3.63, 3.8) is 0 Å². The van der Waals surface area contributed by atoms with Crippen molar-refractivity contribution in [1.82, 2.24) is 15.2 Å². The molecule has 29 heavy (non-hydrogen) atoms. The lowest BCUT2D eigenvalue weighted by molar-refractivity contribution is 0.483. The third-order valence-electron chi connectivity index (χ3n) is 4.31. The average Bonchev–Trinajstić information content (AvgIpc) is 2.77. The topological polar surface area (TPSA) is 72.0 Å². The fourth-order valence-corrected chi connectivity index (χ4v) is 2.82. The Morgan fingerprint density at radius 2 is 1.45 bits per heavy atom. The van der Waals surface area contributed by atoms with E-state index in [0.717, 1.165) is 22.7 Å². The number of hydrogen-bond donors (Lipinski definition) is 2. The van der Waals surface area contributed by atoms with Crippen LogP contribution >= 0.6 is 0 Å². The molecule has 0 aliphatic rings. The van der Waals surface area contributed by atoms with Gasteiger partial charge in [-0.3, -0.25) is 0 Å². The molecule has 1 atom stereocenters. The minimum atomic E-state index is 0.0719. The van der Waals surface area contributed by atoms with E-state index in [1.165, 1.54) is 0 Å². The Morgan fingerprint density at radius 3 is 2.17 bits per heavy atom. The molecule has 1 aromatic heterocycles. The predicted octanol–water partition coefficient (Wildman–Crippen LogP) is 5.58. The number of benzene rings is 3. The van der Waals surface area contributed by atoms with Gasteiger partial charge in [0.05, 0.1) is 12.2 Å². The Labute approximate surface area is 169 Å². The standard InChI is InChI=1S/C23H21N5O/c1-17(18-8-4-2-5-9-18)25-23-27-22(16-24-28-23)26-19-12-14-21(15-13-19)29-20-10-6-3-7-11-20/h2-17H,1H3,(H2,25,26,27,28). The number of hydrogen-bond acceptors (Lipinski definition) is 6. The third-order valence-corrected chi connectivity index (χ3v) is 4.31. The summed E-state index contributed by atoms with van der Waals surface area (Å²) in [4.78, 5) is 4.50. The molecule has 0 saturated carbocycles. The van der Waals surface area contributed by atoms with E-state index in [4.69, 9.17) is 4.74 Å². The Hall–Kier alpha value is -3.93. The van der Waals surface area contributed by atoms with E-state index in [1.54, 1.807) is 6.20 Å². The quantitative estimate of drug-likeness (QED) is 0.434. The molecule has 4 aromatic rings. The van der Waals surface area contributed by atoms with Crippen molar-refractivity contribution in [2.24, 2.45) is 0 Å². The maximum Gasteiger partial charge on any atom is 0.245 e. The highest BCUT2D eigenvalue weighted by atomic mass is 16.5. The zero-order chi connectivity index (χ0) is 19.9. The van der Waals surface area contributed by atoms with E-state index in [9.17, 15) is 0 Å². The second-order valence-corrected chi connectivity index (χ2v) is 6.51. The van der Waals surface area contributed by atoms with Crippen molar-refractivity contribution in [2.75, 3.05) is 10.6 Å². The van der Waals surface area contributed by atoms with Gasteiger partial charge in [0.2, 0.25) is 5.95 Å². The number of nitrogens with one attached hydrogen (secondary N) is 2. The molecule has 6 heteroatoms. The Kier molecular flexibility index (Phi) is 5.62. The summed E-state index contributed by atoms with van der Waals surface area (Å²) >= 11 is 0. The SMILES string of the molecule is CC(Nc1nncc(Nc2ccc(Oc3ccccc3)cc2)n1)c1ccccc1. The van der Waals surface area contributed by atoms with E-state index < -0.39 is 0 Å². The van der Waals surface area contributed by atoms with Gasteiger partial charge < -0.3 is 15.4 Å². The lowest BCUT2D eigenvalue weighted by Crippen LogP contribution is -2.10. The first kappa shape index (κ1) is 18.4. The fourth-order valence-electron chi connectivity index (χ4n) is 2.82. The number of rotatable bonds is 7. The molecule has 0 aliphatic heterocycles. The van der Waals surface area contributed by atoms with Crippen molar-refractivity contribution in [3.8, 4) is 11.5 Å². The Bertz CT molecular complexity index is 1040. The second kappa shape index (κ2) is 8.84. The fraction of sp³-hybridized carbons (Fsp3) is 0.0870. The largest absolute Gasteiger partial charge is 0.457 e. The van der Waals surface area contributed by atoms with E-state index in [-0.39, 0.29) is 6.04 Å². The van der Waals surface area contributed by atoms with Gasteiger partial charge in [-0.15, -0.1) is 5.10 Å². The summed E-state index contributed by atoms with van der Waals surface area (Å²) in [5.74, 6) is 2.65. The molecule has 0 bridgehead atoms. The summed E-state index contributed by atoms with van der Waals surface area (Å²) in [7, 11) is 0. The summed E-state index contributed by atoms with van der Waals surface area (Å²) < 4.78 is 5.81. The minimum absolute atomic E-state index is 0.0719. The lowest BCUT2D eigenvalue weighted by atomic mass is 10.1. The van der Waals surface area contributed by atoms with Crippen LogP contribution in [0, 0.1) is 0 Å². The monoisotopic (exact) mass is 383 g/mol. The maximum atomic E-state index is 5.81. The summed E-state index contributed by atoms with van der Waals surface area (Å²) in [6.07, 6.45) is 1.59. The number of aromatic nitrogens is 3. The Morgan fingerprint density at radius 1 is 0.793 bits per heavy atom. The van der Waals surface area contributed by atoms with E-state index in [2.05, 4.69) is 44.9 Å². The van der Waals surface area contributed by atoms with Crippen LogP contribution in [0.5, 0.6) is 11.5 Å². The minimum Gasteiger partial charge on any atom is -0.457 e. The van der Waals surface area contributed by atoms with Gasteiger partial charge in [-0.25, -0.2) is 0 Å². The van der Waals surface area contributed by atoms with Crippen molar-refractivity contribution >= 4 is 17.5 Å². The molecule has 3 aromatic carbocycles. The van der Waals surface area contributed by atoms with Crippen LogP contribution in [-0.2, 0) is 0 Å². The molecule has 6 nitrogen and oxygen atoms in total. The second-order valence-electron chi connectivity index (χ2n) is 6.51.